The van der Waals surface area contributed by atoms with Gasteiger partial charge in [0.1, 0.15) is 0 Å². The maximum atomic E-state index is 8.74. The molecule has 6 heteroatoms. The van der Waals surface area contributed by atoms with Crippen molar-refractivity contribution >= 4 is 10.4 Å². The van der Waals surface area contributed by atoms with Gasteiger partial charge in [-0.15, -0.1) is 6.58 Å². The average Bonchev–Trinajstić information content (AvgIpc) is 2.20. The van der Waals surface area contributed by atoms with Crippen LogP contribution in [0.15, 0.2) is 12.7 Å². The molecule has 0 aromatic heterocycles. The van der Waals surface area contributed by atoms with Crippen LogP contribution < -0.4 is 6.15 Å². The minimum atomic E-state index is -4.67. The molecule has 5 nitrogen and oxygen atoms in total. The third-order valence-electron chi connectivity index (χ3n) is 2.26. The van der Waals surface area contributed by atoms with Crippen LogP contribution in [0.4, 0.5) is 0 Å². The summed E-state index contributed by atoms with van der Waals surface area (Å²) in [6, 6.07) is 0. The summed E-state index contributed by atoms with van der Waals surface area (Å²) in [6.45, 7) is 5.99. The zero-order valence-electron chi connectivity index (χ0n) is 11.5. The van der Waals surface area contributed by atoms with Crippen LogP contribution in [0.2, 0.25) is 0 Å². The van der Waals surface area contributed by atoms with Gasteiger partial charge in [0, 0.05) is 0 Å². The highest BCUT2D eigenvalue weighted by atomic mass is 32.3. The Hall–Kier alpha value is -0.430. The molecule has 0 saturated carbocycles. The van der Waals surface area contributed by atoms with Gasteiger partial charge in [0.05, 0.1) is 0 Å². The highest BCUT2D eigenvalue weighted by molar-refractivity contribution is 7.79. The second-order valence-corrected chi connectivity index (χ2v) is 4.90. The molecule has 0 radical (unpaired) electrons. The summed E-state index contributed by atoms with van der Waals surface area (Å²) in [4.78, 5) is 0. The summed E-state index contributed by atoms with van der Waals surface area (Å²) in [5, 5.41) is 0. The molecular formula is C12H29NO4S. The van der Waals surface area contributed by atoms with E-state index in [1.54, 1.807) is 0 Å². The first-order valence-corrected chi connectivity index (χ1v) is 7.62. The summed E-state index contributed by atoms with van der Waals surface area (Å²) >= 11 is 0. The van der Waals surface area contributed by atoms with Crippen LogP contribution in [-0.2, 0) is 10.4 Å². The first-order valence-electron chi connectivity index (χ1n) is 6.22. The van der Waals surface area contributed by atoms with Crippen molar-refractivity contribution in [1.82, 2.24) is 6.15 Å². The number of unbranched alkanes of at least 4 members (excludes halogenated alkanes) is 8. The number of hydrogen-bond acceptors (Lipinski definition) is 3. The predicted octanol–water partition coefficient (Wildman–Crippen LogP) is 4.21. The van der Waals surface area contributed by atoms with Crippen LogP contribution in [0.25, 0.3) is 0 Å². The largest absolute Gasteiger partial charge is 0.394 e. The topological polar surface area (TPSA) is 110 Å². The lowest BCUT2D eigenvalue weighted by Gasteiger charge is -1.99. The molecule has 0 aromatic rings. The van der Waals surface area contributed by atoms with E-state index in [1.807, 2.05) is 6.08 Å². The second-order valence-electron chi connectivity index (χ2n) is 4.00. The van der Waals surface area contributed by atoms with Gasteiger partial charge in [0.15, 0.2) is 0 Å². The molecule has 5 N–H and O–H groups in total. The van der Waals surface area contributed by atoms with E-state index in [9.17, 15) is 0 Å². The second kappa shape index (κ2) is 16.6. The Bertz CT molecular complexity index is 245. The molecule has 0 aliphatic rings. The van der Waals surface area contributed by atoms with E-state index in [0.717, 1.165) is 0 Å². The van der Waals surface area contributed by atoms with E-state index in [1.165, 1.54) is 57.8 Å². The van der Waals surface area contributed by atoms with Crippen molar-refractivity contribution in [2.24, 2.45) is 0 Å². The summed E-state index contributed by atoms with van der Waals surface area (Å²) in [5.41, 5.74) is 0. The van der Waals surface area contributed by atoms with Gasteiger partial charge in [-0.1, -0.05) is 57.9 Å². The minimum Gasteiger partial charge on any atom is -0.344 e. The zero-order valence-corrected chi connectivity index (χ0v) is 12.3. The van der Waals surface area contributed by atoms with Crippen molar-refractivity contribution < 1.29 is 17.5 Å². The van der Waals surface area contributed by atoms with Gasteiger partial charge in [-0.05, 0) is 12.8 Å². The average molecular weight is 283 g/mol. The van der Waals surface area contributed by atoms with E-state index in [2.05, 4.69) is 13.5 Å². The third kappa shape index (κ3) is 45.0. The van der Waals surface area contributed by atoms with Crippen molar-refractivity contribution in [2.75, 3.05) is 0 Å². The Morgan fingerprint density at radius 1 is 0.944 bits per heavy atom. The van der Waals surface area contributed by atoms with Crippen molar-refractivity contribution in [3.8, 4) is 0 Å². The smallest absolute Gasteiger partial charge is 0.344 e. The predicted molar refractivity (Wildman–Crippen MR) is 76.6 cm³/mol. The molecule has 0 rings (SSSR count). The standard InChI is InChI=1S/C12H24.H3N.H2O4S/c1-3-5-7-9-11-12-10-8-6-4-2;;1-5(2,3)4/h3H,1,4-12H2,2H3;1H3;(H2,1,2,3,4). The van der Waals surface area contributed by atoms with Gasteiger partial charge in [0.2, 0.25) is 0 Å². The summed E-state index contributed by atoms with van der Waals surface area (Å²) in [7, 11) is -4.67. The van der Waals surface area contributed by atoms with Crippen molar-refractivity contribution in [2.45, 2.75) is 64.7 Å². The zero-order chi connectivity index (χ0) is 13.6. The Morgan fingerprint density at radius 3 is 1.61 bits per heavy atom. The monoisotopic (exact) mass is 283 g/mol. The fraction of sp³-hybridized carbons (Fsp3) is 0.833. The van der Waals surface area contributed by atoms with Gasteiger partial charge in [-0.2, -0.15) is 8.42 Å². The Labute approximate surface area is 112 Å². The molecule has 0 amide bonds. The molecule has 0 heterocycles. The van der Waals surface area contributed by atoms with Crippen molar-refractivity contribution in [3.05, 3.63) is 12.7 Å². The normalized spacial score (nSPS) is 9.94. The summed E-state index contributed by atoms with van der Waals surface area (Å²) < 4.78 is 31.6. The van der Waals surface area contributed by atoms with Gasteiger partial charge in [-0.3, -0.25) is 9.11 Å². The summed E-state index contributed by atoms with van der Waals surface area (Å²) in [6.07, 6.45) is 14.5. The van der Waals surface area contributed by atoms with E-state index in [0.29, 0.717) is 0 Å². The highest BCUT2D eigenvalue weighted by Gasteiger charge is 1.89. The Kier molecular flexibility index (Phi) is 20.9. The first kappa shape index (κ1) is 22.7. The van der Waals surface area contributed by atoms with Gasteiger partial charge in [-0.25, -0.2) is 0 Å². The first-order chi connectivity index (χ1) is 7.91. The van der Waals surface area contributed by atoms with Crippen LogP contribution in [0.1, 0.15) is 64.7 Å². The van der Waals surface area contributed by atoms with Gasteiger partial charge in [0.25, 0.3) is 0 Å². The fourth-order valence-corrected chi connectivity index (χ4v) is 1.42. The molecule has 0 aliphatic heterocycles. The highest BCUT2D eigenvalue weighted by Crippen LogP contribution is 2.09. The molecule has 0 atom stereocenters. The van der Waals surface area contributed by atoms with Crippen molar-refractivity contribution in [3.63, 3.8) is 0 Å². The SMILES string of the molecule is C=CCCCCCCCCCC.N.O=S(=O)(O)O. The lowest BCUT2D eigenvalue weighted by molar-refractivity contribution is 0.381. The number of rotatable bonds is 9. The molecule has 0 bridgehead atoms. The van der Waals surface area contributed by atoms with E-state index < -0.39 is 10.4 Å². The molecular weight excluding hydrogens is 254 g/mol. The lowest BCUT2D eigenvalue weighted by Crippen LogP contribution is -1.89. The molecule has 0 spiro atoms. The quantitative estimate of drug-likeness (QED) is 0.333. The van der Waals surface area contributed by atoms with Gasteiger partial charge >= 0.3 is 10.4 Å². The maximum absolute atomic E-state index is 8.74. The fourth-order valence-electron chi connectivity index (χ4n) is 1.42. The van der Waals surface area contributed by atoms with E-state index in [4.69, 9.17) is 17.5 Å². The molecule has 0 aliphatic carbocycles. The molecule has 0 saturated heterocycles. The van der Waals surface area contributed by atoms with Crippen LogP contribution in [0.3, 0.4) is 0 Å². The van der Waals surface area contributed by atoms with E-state index in [-0.39, 0.29) is 6.15 Å². The Balaban J connectivity index is -0.000000321. The van der Waals surface area contributed by atoms with E-state index >= 15 is 0 Å². The molecule has 0 fully saturated rings. The molecule has 0 unspecified atom stereocenters. The number of hydrogen-bond donors (Lipinski definition) is 3. The van der Waals surface area contributed by atoms with Crippen LogP contribution in [0, 0.1) is 0 Å². The molecule has 18 heavy (non-hydrogen) atoms. The summed E-state index contributed by atoms with van der Waals surface area (Å²) in [5.74, 6) is 0. The van der Waals surface area contributed by atoms with Crippen LogP contribution in [-0.4, -0.2) is 17.5 Å². The van der Waals surface area contributed by atoms with Crippen LogP contribution >= 0.6 is 0 Å². The lowest BCUT2D eigenvalue weighted by atomic mass is 10.1. The maximum Gasteiger partial charge on any atom is 0.394 e. The number of allylic oxidation sites excluding steroid dienone is 1. The minimum absolute atomic E-state index is 0. The van der Waals surface area contributed by atoms with Crippen LogP contribution in [0.5, 0.6) is 0 Å². The van der Waals surface area contributed by atoms with Crippen molar-refractivity contribution in [1.29, 1.82) is 0 Å². The molecule has 0 aromatic carbocycles. The third-order valence-corrected chi connectivity index (χ3v) is 2.26. The van der Waals surface area contributed by atoms with Gasteiger partial charge < -0.3 is 6.15 Å². The Morgan fingerprint density at radius 2 is 1.28 bits per heavy atom. The molecule has 112 valence electrons.